The fourth-order valence-electron chi connectivity index (χ4n) is 2.34. The maximum Gasteiger partial charge on any atom is 0.332 e. The second-order valence-corrected chi connectivity index (χ2v) is 5.82. The highest BCUT2D eigenvalue weighted by molar-refractivity contribution is 6.01. The van der Waals surface area contributed by atoms with Gasteiger partial charge in [-0.25, -0.2) is 4.79 Å². The largest absolute Gasteiger partial charge is 0.497 e. The van der Waals surface area contributed by atoms with Gasteiger partial charge in [0, 0.05) is 14.1 Å². The van der Waals surface area contributed by atoms with Crippen molar-refractivity contribution in [2.24, 2.45) is 14.1 Å². The number of esters is 1. The maximum atomic E-state index is 12.2. The van der Waals surface area contributed by atoms with Crippen molar-refractivity contribution in [3.63, 3.8) is 0 Å². The fraction of sp³-hybridized carbons (Fsp3) is 0.333. The van der Waals surface area contributed by atoms with Crippen molar-refractivity contribution in [3.05, 3.63) is 50.7 Å². The van der Waals surface area contributed by atoms with Gasteiger partial charge in [0.15, 0.2) is 6.61 Å². The summed E-state index contributed by atoms with van der Waals surface area (Å²) in [5, 5.41) is 0. The summed E-state index contributed by atoms with van der Waals surface area (Å²) in [4.78, 5) is 47.9. The van der Waals surface area contributed by atoms with Crippen LogP contribution in [0, 0.1) is 0 Å². The van der Waals surface area contributed by atoms with Crippen molar-refractivity contribution in [1.29, 1.82) is 0 Å². The highest BCUT2D eigenvalue weighted by Gasteiger charge is 2.21. The Morgan fingerprint density at radius 2 is 1.64 bits per heavy atom. The molecular weight excluding hydrogens is 370 g/mol. The molecule has 0 saturated heterocycles. The molecule has 10 heteroatoms. The van der Waals surface area contributed by atoms with Crippen molar-refractivity contribution in [1.82, 2.24) is 9.13 Å². The van der Waals surface area contributed by atoms with Gasteiger partial charge in [-0.05, 0) is 24.3 Å². The molecule has 0 fully saturated rings. The lowest BCUT2D eigenvalue weighted by Gasteiger charge is -2.11. The molecule has 0 unspecified atom stereocenters. The van der Waals surface area contributed by atoms with Crippen molar-refractivity contribution >= 4 is 17.6 Å². The molecule has 2 rings (SSSR count). The van der Waals surface area contributed by atoms with Crippen LogP contribution in [0.25, 0.3) is 0 Å². The Labute approximate surface area is 160 Å². The summed E-state index contributed by atoms with van der Waals surface area (Å²) in [5.74, 6) is -0.530. The smallest absolute Gasteiger partial charge is 0.332 e. The number of benzene rings is 1. The van der Waals surface area contributed by atoms with E-state index in [4.69, 9.17) is 19.9 Å². The first-order valence-electron chi connectivity index (χ1n) is 8.27. The van der Waals surface area contributed by atoms with E-state index < -0.39 is 35.2 Å². The summed E-state index contributed by atoms with van der Waals surface area (Å²) in [6.07, 6.45) is -0.0971. The maximum absolute atomic E-state index is 12.2. The van der Waals surface area contributed by atoms with E-state index >= 15 is 0 Å². The number of ketones is 1. The van der Waals surface area contributed by atoms with Crippen LogP contribution in [-0.2, 0) is 23.6 Å². The highest BCUT2D eigenvalue weighted by Crippen LogP contribution is 2.17. The molecule has 10 nitrogen and oxygen atoms in total. The van der Waals surface area contributed by atoms with Crippen LogP contribution in [0.4, 0.5) is 5.82 Å². The Morgan fingerprint density at radius 1 is 1.04 bits per heavy atom. The van der Waals surface area contributed by atoms with Crippen molar-refractivity contribution in [3.8, 4) is 11.5 Å². The number of nitrogen functional groups attached to an aromatic ring is 1. The molecule has 28 heavy (non-hydrogen) atoms. The van der Waals surface area contributed by atoms with Gasteiger partial charge in [0.05, 0.1) is 20.1 Å². The van der Waals surface area contributed by atoms with E-state index in [2.05, 4.69) is 0 Å². The van der Waals surface area contributed by atoms with E-state index in [1.807, 2.05) is 0 Å². The standard InChI is InChI=1S/C18H21N3O7/c1-20-16(19)15(17(24)21(2)18(20)25)13(22)10-28-14(23)8-9-27-12-6-4-11(26-3)5-7-12/h4-7H,8-10,19H2,1-3H3. The lowest BCUT2D eigenvalue weighted by molar-refractivity contribution is -0.143. The SMILES string of the molecule is COc1ccc(OCCC(=O)OCC(=O)c2c(N)n(C)c(=O)n(C)c2=O)cc1. The van der Waals surface area contributed by atoms with Gasteiger partial charge in [0.1, 0.15) is 22.9 Å². The topological polar surface area (TPSA) is 132 Å². The minimum Gasteiger partial charge on any atom is -0.497 e. The average Bonchev–Trinajstić information content (AvgIpc) is 2.70. The number of aromatic nitrogens is 2. The number of rotatable bonds is 8. The van der Waals surface area contributed by atoms with Gasteiger partial charge in [0.25, 0.3) is 5.56 Å². The molecule has 0 amide bonds. The lowest BCUT2D eigenvalue weighted by atomic mass is 10.2. The minimum atomic E-state index is -0.843. The zero-order chi connectivity index (χ0) is 20.8. The molecule has 0 saturated carbocycles. The van der Waals surface area contributed by atoms with Crippen LogP contribution >= 0.6 is 0 Å². The lowest BCUT2D eigenvalue weighted by Crippen LogP contribution is -2.42. The molecule has 0 bridgehead atoms. The summed E-state index contributed by atoms with van der Waals surface area (Å²) in [6, 6.07) is 6.80. The van der Waals surface area contributed by atoms with Crippen molar-refractivity contribution in [2.75, 3.05) is 26.1 Å². The molecular formula is C18H21N3O7. The van der Waals surface area contributed by atoms with Crippen LogP contribution in [0.1, 0.15) is 16.8 Å². The molecule has 0 aliphatic heterocycles. The molecule has 2 N–H and O–H groups in total. The summed E-state index contributed by atoms with van der Waals surface area (Å²) in [7, 11) is 4.10. The molecule has 0 radical (unpaired) electrons. The first-order chi connectivity index (χ1) is 13.3. The van der Waals surface area contributed by atoms with Gasteiger partial charge in [0.2, 0.25) is 5.78 Å². The van der Waals surface area contributed by atoms with E-state index in [-0.39, 0.29) is 18.8 Å². The zero-order valence-electron chi connectivity index (χ0n) is 15.8. The van der Waals surface area contributed by atoms with Crippen molar-refractivity contribution in [2.45, 2.75) is 6.42 Å². The molecule has 2 aromatic rings. The minimum absolute atomic E-state index is 0.0447. The normalized spacial score (nSPS) is 10.4. The van der Waals surface area contributed by atoms with Gasteiger partial charge in [-0.1, -0.05) is 0 Å². The Hall–Kier alpha value is -3.56. The summed E-state index contributed by atoms with van der Waals surface area (Å²) < 4.78 is 17.0. The summed E-state index contributed by atoms with van der Waals surface area (Å²) in [6.45, 7) is -0.623. The van der Waals surface area contributed by atoms with Crippen LogP contribution in [0.2, 0.25) is 0 Å². The number of nitrogens with zero attached hydrogens (tertiary/aromatic N) is 2. The molecule has 0 aliphatic rings. The second kappa shape index (κ2) is 8.89. The Morgan fingerprint density at radius 3 is 2.25 bits per heavy atom. The third-order valence-electron chi connectivity index (χ3n) is 3.99. The average molecular weight is 391 g/mol. The van der Waals surface area contributed by atoms with Crippen LogP contribution in [-0.4, -0.2) is 41.2 Å². The van der Waals surface area contributed by atoms with Crippen molar-refractivity contribution < 1.29 is 23.8 Å². The van der Waals surface area contributed by atoms with E-state index in [1.54, 1.807) is 31.4 Å². The third-order valence-corrected chi connectivity index (χ3v) is 3.99. The Balaban J connectivity index is 1.90. The summed E-state index contributed by atoms with van der Waals surface area (Å²) >= 11 is 0. The molecule has 0 spiro atoms. The van der Waals surface area contributed by atoms with Gasteiger partial charge < -0.3 is 19.9 Å². The molecule has 150 valence electrons. The summed E-state index contributed by atoms with van der Waals surface area (Å²) in [5.41, 5.74) is 3.79. The van der Waals surface area contributed by atoms with Gasteiger partial charge in [-0.3, -0.25) is 23.5 Å². The fourth-order valence-corrected chi connectivity index (χ4v) is 2.34. The van der Waals surface area contributed by atoms with Gasteiger partial charge >= 0.3 is 11.7 Å². The highest BCUT2D eigenvalue weighted by atomic mass is 16.5. The van der Waals surface area contributed by atoms with E-state index in [9.17, 15) is 19.2 Å². The van der Waals surface area contributed by atoms with Crippen LogP contribution in [0.5, 0.6) is 11.5 Å². The number of methoxy groups -OCH3 is 1. The number of carbonyl (C=O) groups excluding carboxylic acids is 2. The van der Waals surface area contributed by atoms with E-state index in [0.29, 0.717) is 11.5 Å². The first kappa shape index (κ1) is 20.7. The Kier molecular flexibility index (Phi) is 6.59. The molecule has 0 atom stereocenters. The molecule has 0 aliphatic carbocycles. The number of ether oxygens (including phenoxy) is 3. The van der Waals surface area contributed by atoms with Crippen LogP contribution in [0.3, 0.4) is 0 Å². The predicted molar refractivity (Wildman–Crippen MR) is 99.7 cm³/mol. The number of hydrogen-bond acceptors (Lipinski definition) is 8. The van der Waals surface area contributed by atoms with Gasteiger partial charge in [-0.15, -0.1) is 0 Å². The van der Waals surface area contributed by atoms with Crippen LogP contribution in [0.15, 0.2) is 33.9 Å². The van der Waals surface area contributed by atoms with E-state index in [0.717, 1.165) is 9.13 Å². The second-order valence-electron chi connectivity index (χ2n) is 5.82. The van der Waals surface area contributed by atoms with Gasteiger partial charge in [-0.2, -0.15) is 0 Å². The number of Topliss-reactive ketones (excluding diaryl/α,β-unsaturated/α-hetero) is 1. The molecule has 1 heterocycles. The van der Waals surface area contributed by atoms with E-state index in [1.165, 1.54) is 14.1 Å². The Bertz CT molecular complexity index is 990. The molecule has 1 aromatic carbocycles. The number of hydrogen-bond donors (Lipinski definition) is 1. The van der Waals surface area contributed by atoms with Crippen LogP contribution < -0.4 is 26.5 Å². The number of carbonyl (C=O) groups is 2. The monoisotopic (exact) mass is 391 g/mol. The predicted octanol–water partition coefficient (Wildman–Crippen LogP) is -0.130. The third kappa shape index (κ3) is 4.58. The zero-order valence-corrected chi connectivity index (χ0v) is 15.8. The first-order valence-corrected chi connectivity index (χ1v) is 8.27. The number of anilines is 1. The number of nitrogens with two attached hydrogens (primary N) is 1. The molecule has 1 aromatic heterocycles. The quantitative estimate of drug-likeness (QED) is 0.486.